The van der Waals surface area contributed by atoms with Crippen LogP contribution < -0.4 is 0 Å². The van der Waals surface area contributed by atoms with Gasteiger partial charge in [0.25, 0.3) is 0 Å². The van der Waals surface area contributed by atoms with Crippen molar-refractivity contribution in [3.63, 3.8) is 0 Å². The van der Waals surface area contributed by atoms with Gasteiger partial charge in [-0.15, -0.1) is 0 Å². The molecule has 1 aromatic carbocycles. The molecule has 0 aliphatic heterocycles. The smallest absolute Gasteiger partial charge is 0.211 e. The second-order valence-electron chi connectivity index (χ2n) is 3.97. The van der Waals surface area contributed by atoms with Gasteiger partial charge in [0, 0.05) is 11.8 Å². The van der Waals surface area contributed by atoms with Crippen LogP contribution in [-0.2, 0) is 0 Å². The molecule has 2 nitrogen and oxygen atoms in total. The zero-order valence-electron chi connectivity index (χ0n) is 10.9. The Hall–Kier alpha value is -1.70. The number of hydrogen-bond donors (Lipinski definition) is 0. The lowest BCUT2D eigenvalue weighted by molar-refractivity contribution is 0.103. The van der Waals surface area contributed by atoms with E-state index >= 15 is 0 Å². The minimum atomic E-state index is -0.00148. The second kappa shape index (κ2) is 6.14. The van der Waals surface area contributed by atoms with Crippen LogP contribution in [0.2, 0.25) is 0 Å². The molecule has 0 saturated heterocycles. The van der Waals surface area contributed by atoms with Crippen molar-refractivity contribution >= 4 is 12.0 Å². The van der Waals surface area contributed by atoms with Gasteiger partial charge >= 0.3 is 0 Å². The first-order chi connectivity index (χ1) is 8.11. The Morgan fingerprint density at radius 2 is 2.06 bits per heavy atom. The summed E-state index contributed by atoms with van der Waals surface area (Å²) >= 11 is 0. The molecule has 17 heavy (non-hydrogen) atoms. The summed E-state index contributed by atoms with van der Waals surface area (Å²) in [4.78, 5) is 16.5. The Bertz CT molecular complexity index is 470. The van der Waals surface area contributed by atoms with Crippen LogP contribution in [0.1, 0.15) is 41.8 Å². The molecule has 90 valence electrons. The quantitative estimate of drug-likeness (QED) is 0.438. The van der Waals surface area contributed by atoms with Crippen molar-refractivity contribution in [1.29, 1.82) is 0 Å². The Balaban J connectivity index is 3.12. The summed E-state index contributed by atoms with van der Waals surface area (Å²) < 4.78 is 0. The minimum Gasteiger partial charge on any atom is -0.287 e. The molecular weight excluding hydrogens is 210 g/mol. The van der Waals surface area contributed by atoms with Crippen LogP contribution in [0.5, 0.6) is 0 Å². The molecule has 0 aliphatic rings. The van der Waals surface area contributed by atoms with E-state index in [4.69, 9.17) is 0 Å². The highest BCUT2D eigenvalue weighted by atomic mass is 16.1. The van der Waals surface area contributed by atoms with E-state index in [2.05, 4.69) is 4.99 Å². The molecule has 0 spiro atoms. The molecule has 2 heteroatoms. The fourth-order valence-corrected chi connectivity index (χ4v) is 1.59. The average Bonchev–Trinajstić information content (AvgIpc) is 2.33. The molecular formula is C15H19NO. The second-order valence-corrected chi connectivity index (χ2v) is 3.97. The highest BCUT2D eigenvalue weighted by Gasteiger charge is 2.13. The first-order valence-corrected chi connectivity index (χ1v) is 5.91. The molecule has 0 radical (unpaired) electrons. The number of aryl methyl sites for hydroxylation is 1. The Morgan fingerprint density at radius 1 is 1.35 bits per heavy atom. The van der Waals surface area contributed by atoms with Gasteiger partial charge in [-0.2, -0.15) is 0 Å². The molecule has 0 saturated carbocycles. The third-order valence-corrected chi connectivity index (χ3v) is 2.77. The van der Waals surface area contributed by atoms with Crippen molar-refractivity contribution in [3.05, 3.63) is 46.7 Å². The fourth-order valence-electron chi connectivity index (χ4n) is 1.59. The molecule has 0 atom stereocenters. The Kier molecular flexibility index (Phi) is 4.83. The lowest BCUT2D eigenvalue weighted by Crippen LogP contribution is -2.05. The SMILES string of the molecule is C/C=C(\N=CCC)C(=O)c1cccc(C)c1C. The van der Waals surface area contributed by atoms with E-state index in [1.807, 2.05) is 45.9 Å². The summed E-state index contributed by atoms with van der Waals surface area (Å²) in [6.45, 7) is 7.82. The number of allylic oxidation sites excluding steroid dienone is 2. The number of hydrogen-bond acceptors (Lipinski definition) is 2. The summed E-state index contributed by atoms with van der Waals surface area (Å²) in [5, 5.41) is 0. The number of nitrogens with zero attached hydrogens (tertiary/aromatic N) is 1. The Labute approximate surface area is 103 Å². The summed E-state index contributed by atoms with van der Waals surface area (Å²) in [6.07, 6.45) is 4.35. The lowest BCUT2D eigenvalue weighted by Gasteiger charge is -2.07. The number of Topliss-reactive ketones (excluding diaryl/α,β-unsaturated/α-hetero) is 1. The standard InChI is InChI=1S/C15H19NO/c1-5-10-16-14(6-2)15(17)13-9-7-8-11(3)12(13)4/h6-10H,5H2,1-4H3/b14-6-,16-10?. The van der Waals surface area contributed by atoms with Gasteiger partial charge in [-0.25, -0.2) is 0 Å². The van der Waals surface area contributed by atoms with Crippen LogP contribution in [0.3, 0.4) is 0 Å². The van der Waals surface area contributed by atoms with Gasteiger partial charge in [0.15, 0.2) is 0 Å². The predicted octanol–water partition coefficient (Wildman–Crippen LogP) is 3.87. The fraction of sp³-hybridized carbons (Fsp3) is 0.333. The first kappa shape index (κ1) is 13.4. The van der Waals surface area contributed by atoms with E-state index in [1.165, 1.54) is 0 Å². The number of ketones is 1. The van der Waals surface area contributed by atoms with Crippen LogP contribution >= 0.6 is 0 Å². The normalized spacial score (nSPS) is 12.1. The van der Waals surface area contributed by atoms with Gasteiger partial charge in [-0.05, 0) is 38.3 Å². The number of benzene rings is 1. The zero-order valence-corrected chi connectivity index (χ0v) is 10.9. The molecule has 0 aliphatic carbocycles. The van der Waals surface area contributed by atoms with Gasteiger partial charge < -0.3 is 0 Å². The van der Waals surface area contributed by atoms with Crippen LogP contribution in [0.15, 0.2) is 35.0 Å². The van der Waals surface area contributed by atoms with Crippen molar-refractivity contribution in [2.24, 2.45) is 4.99 Å². The zero-order chi connectivity index (χ0) is 12.8. The summed E-state index contributed by atoms with van der Waals surface area (Å²) in [7, 11) is 0. The lowest BCUT2D eigenvalue weighted by atomic mass is 9.98. The third kappa shape index (κ3) is 3.13. The molecule has 0 aromatic heterocycles. The highest BCUT2D eigenvalue weighted by molar-refractivity contribution is 6.10. The van der Waals surface area contributed by atoms with Crippen LogP contribution in [0.25, 0.3) is 0 Å². The highest BCUT2D eigenvalue weighted by Crippen LogP contribution is 2.17. The van der Waals surface area contributed by atoms with Crippen LogP contribution in [-0.4, -0.2) is 12.0 Å². The van der Waals surface area contributed by atoms with Crippen LogP contribution in [0, 0.1) is 13.8 Å². The molecule has 0 unspecified atom stereocenters. The number of carbonyl (C=O) groups excluding carboxylic acids is 1. The number of aliphatic imine (C=N–C) groups is 1. The van der Waals surface area contributed by atoms with Crippen molar-refractivity contribution in [2.45, 2.75) is 34.1 Å². The predicted molar refractivity (Wildman–Crippen MR) is 72.8 cm³/mol. The number of carbonyl (C=O) groups is 1. The third-order valence-electron chi connectivity index (χ3n) is 2.77. The monoisotopic (exact) mass is 229 g/mol. The van der Waals surface area contributed by atoms with E-state index in [0.717, 1.165) is 23.1 Å². The molecule has 0 heterocycles. The molecule has 0 fully saturated rings. The number of rotatable bonds is 4. The topological polar surface area (TPSA) is 29.4 Å². The molecule has 1 rings (SSSR count). The maximum absolute atomic E-state index is 12.3. The largest absolute Gasteiger partial charge is 0.287 e. The van der Waals surface area contributed by atoms with Crippen molar-refractivity contribution in [2.75, 3.05) is 0 Å². The molecule has 0 bridgehead atoms. The van der Waals surface area contributed by atoms with Gasteiger partial charge in [0.1, 0.15) is 5.70 Å². The first-order valence-electron chi connectivity index (χ1n) is 5.91. The van der Waals surface area contributed by atoms with Gasteiger partial charge in [-0.3, -0.25) is 9.79 Å². The van der Waals surface area contributed by atoms with Gasteiger partial charge in [-0.1, -0.05) is 31.2 Å². The van der Waals surface area contributed by atoms with E-state index in [0.29, 0.717) is 5.70 Å². The molecule has 0 amide bonds. The van der Waals surface area contributed by atoms with Crippen molar-refractivity contribution in [3.8, 4) is 0 Å². The maximum atomic E-state index is 12.3. The summed E-state index contributed by atoms with van der Waals surface area (Å²) in [5.74, 6) is -0.00148. The van der Waals surface area contributed by atoms with Gasteiger partial charge in [0.2, 0.25) is 5.78 Å². The Morgan fingerprint density at radius 3 is 2.65 bits per heavy atom. The van der Waals surface area contributed by atoms with E-state index in [9.17, 15) is 4.79 Å². The molecule has 0 N–H and O–H groups in total. The van der Waals surface area contributed by atoms with E-state index in [1.54, 1.807) is 12.3 Å². The van der Waals surface area contributed by atoms with Crippen molar-refractivity contribution < 1.29 is 4.79 Å². The van der Waals surface area contributed by atoms with Crippen LogP contribution in [0.4, 0.5) is 0 Å². The molecule has 1 aromatic rings. The average molecular weight is 229 g/mol. The van der Waals surface area contributed by atoms with E-state index < -0.39 is 0 Å². The van der Waals surface area contributed by atoms with Gasteiger partial charge in [0.05, 0.1) is 0 Å². The van der Waals surface area contributed by atoms with Crippen molar-refractivity contribution in [1.82, 2.24) is 0 Å². The maximum Gasteiger partial charge on any atom is 0.211 e. The van der Waals surface area contributed by atoms with E-state index in [-0.39, 0.29) is 5.78 Å². The summed E-state index contributed by atoms with van der Waals surface area (Å²) in [6, 6.07) is 5.78. The summed E-state index contributed by atoms with van der Waals surface area (Å²) in [5.41, 5.74) is 3.42. The minimum absolute atomic E-state index is 0.00148.